The summed E-state index contributed by atoms with van der Waals surface area (Å²) in [5.74, 6) is -0.596. The number of rotatable bonds is 1. The first-order valence-corrected chi connectivity index (χ1v) is 7.38. The van der Waals surface area contributed by atoms with Gasteiger partial charge in [-0.3, -0.25) is 14.5 Å². The van der Waals surface area contributed by atoms with Gasteiger partial charge >= 0.3 is 0 Å². The van der Waals surface area contributed by atoms with Crippen LogP contribution < -0.4 is 11.5 Å². The number of carbonyl (C=O) groups is 2. The predicted molar refractivity (Wildman–Crippen MR) is 92.4 cm³/mol. The van der Waals surface area contributed by atoms with Crippen LogP contribution in [0.2, 0.25) is 0 Å². The smallest absolute Gasteiger partial charge is 0.261 e. The van der Waals surface area contributed by atoms with Gasteiger partial charge in [0.1, 0.15) is 0 Å². The molecule has 2 aromatic carbocycles. The van der Waals surface area contributed by atoms with Crippen LogP contribution in [0.4, 0.5) is 11.4 Å². The average molecular weight is 318 g/mol. The molecule has 0 radical (unpaired) electrons. The maximum Gasteiger partial charge on any atom is 0.261 e. The summed E-state index contributed by atoms with van der Waals surface area (Å²) in [5.41, 5.74) is 16.0. The number of pyridine rings is 1. The molecular formula is C18H14N4O2. The number of nitrogens with zero attached hydrogens (tertiary/aromatic N) is 2. The summed E-state index contributed by atoms with van der Waals surface area (Å²) in [6, 6.07) is 12.2. The van der Waals surface area contributed by atoms with Gasteiger partial charge in [-0.25, -0.2) is 4.98 Å². The standard InChI is InChI=1S/C18H14N4O2/c1-22-17(23)11-4-2-9(6-12(11)18(22)24)16-8-14(20)13-7-10(19)3-5-15(13)21-16/h2-8H,19H2,1H3,(H2,20,21). The van der Waals surface area contributed by atoms with E-state index in [9.17, 15) is 9.59 Å². The Morgan fingerprint density at radius 3 is 2.46 bits per heavy atom. The molecule has 0 atom stereocenters. The topological polar surface area (TPSA) is 102 Å². The van der Waals surface area contributed by atoms with Gasteiger partial charge in [0.15, 0.2) is 0 Å². The van der Waals surface area contributed by atoms with Crippen LogP contribution in [-0.2, 0) is 0 Å². The van der Waals surface area contributed by atoms with E-state index >= 15 is 0 Å². The van der Waals surface area contributed by atoms with Crippen LogP contribution in [-0.4, -0.2) is 28.7 Å². The first-order chi connectivity index (χ1) is 11.5. The number of fused-ring (bicyclic) bond motifs is 2. The Morgan fingerprint density at radius 1 is 0.917 bits per heavy atom. The average Bonchev–Trinajstić information content (AvgIpc) is 2.79. The minimum absolute atomic E-state index is 0.289. The molecule has 2 amide bonds. The highest BCUT2D eigenvalue weighted by molar-refractivity contribution is 6.21. The summed E-state index contributed by atoms with van der Waals surface area (Å²) < 4.78 is 0. The summed E-state index contributed by atoms with van der Waals surface area (Å²) in [6.07, 6.45) is 0. The molecule has 1 aromatic heterocycles. The molecule has 1 aliphatic rings. The van der Waals surface area contributed by atoms with Crippen molar-refractivity contribution in [2.75, 3.05) is 18.5 Å². The molecule has 3 aromatic rings. The maximum absolute atomic E-state index is 12.2. The van der Waals surface area contributed by atoms with Gasteiger partial charge in [-0.1, -0.05) is 6.07 Å². The van der Waals surface area contributed by atoms with Crippen LogP contribution in [0.5, 0.6) is 0 Å². The Bertz CT molecular complexity index is 1040. The summed E-state index contributed by atoms with van der Waals surface area (Å²) >= 11 is 0. The van der Waals surface area contributed by atoms with Crippen molar-refractivity contribution in [1.82, 2.24) is 9.88 Å². The van der Waals surface area contributed by atoms with Gasteiger partial charge < -0.3 is 11.5 Å². The molecule has 0 saturated heterocycles. The second-order valence-corrected chi connectivity index (χ2v) is 5.80. The molecule has 0 fully saturated rings. The molecule has 2 heterocycles. The number of hydrogen-bond acceptors (Lipinski definition) is 5. The Labute approximate surface area is 137 Å². The largest absolute Gasteiger partial charge is 0.399 e. The quantitative estimate of drug-likeness (QED) is 0.529. The lowest BCUT2D eigenvalue weighted by molar-refractivity contribution is 0.0693. The minimum atomic E-state index is -0.307. The lowest BCUT2D eigenvalue weighted by Gasteiger charge is -2.08. The molecule has 1 aliphatic heterocycles. The summed E-state index contributed by atoms with van der Waals surface area (Å²) in [4.78, 5) is 29.8. The van der Waals surface area contributed by atoms with E-state index in [1.54, 1.807) is 42.5 Å². The van der Waals surface area contributed by atoms with E-state index in [1.165, 1.54) is 7.05 Å². The van der Waals surface area contributed by atoms with Crippen LogP contribution in [0.25, 0.3) is 22.2 Å². The number of nitrogens with two attached hydrogens (primary N) is 2. The molecule has 4 N–H and O–H groups in total. The number of nitrogen functional groups attached to an aromatic ring is 2. The number of benzene rings is 2. The van der Waals surface area contributed by atoms with Crippen molar-refractivity contribution < 1.29 is 9.59 Å². The third-order valence-electron chi connectivity index (χ3n) is 4.25. The second kappa shape index (κ2) is 4.79. The van der Waals surface area contributed by atoms with E-state index in [4.69, 9.17) is 11.5 Å². The SMILES string of the molecule is CN1C(=O)c2ccc(-c3cc(N)c4cc(N)ccc4n3)cc2C1=O. The number of aromatic nitrogens is 1. The second-order valence-electron chi connectivity index (χ2n) is 5.80. The van der Waals surface area contributed by atoms with Gasteiger partial charge in [0.05, 0.1) is 22.3 Å². The monoisotopic (exact) mass is 318 g/mol. The number of carbonyl (C=O) groups excluding carboxylic acids is 2. The number of anilines is 2. The van der Waals surface area contributed by atoms with Crippen molar-refractivity contribution in [3.63, 3.8) is 0 Å². The third kappa shape index (κ3) is 1.93. The molecule has 6 nitrogen and oxygen atoms in total. The fraction of sp³-hybridized carbons (Fsp3) is 0.0556. The zero-order valence-corrected chi connectivity index (χ0v) is 12.9. The summed E-state index contributed by atoms with van der Waals surface area (Å²) in [5, 5.41) is 0.783. The van der Waals surface area contributed by atoms with Gasteiger partial charge in [0, 0.05) is 29.4 Å². The molecule has 24 heavy (non-hydrogen) atoms. The molecule has 0 unspecified atom stereocenters. The molecule has 6 heteroatoms. The number of hydrogen-bond donors (Lipinski definition) is 2. The van der Waals surface area contributed by atoms with Gasteiger partial charge in [-0.05, 0) is 36.4 Å². The first kappa shape index (κ1) is 14.2. The van der Waals surface area contributed by atoms with Crippen molar-refractivity contribution in [3.05, 3.63) is 53.6 Å². The van der Waals surface area contributed by atoms with Crippen molar-refractivity contribution in [2.45, 2.75) is 0 Å². The molecule has 0 bridgehead atoms. The molecule has 118 valence electrons. The molecule has 0 aliphatic carbocycles. The third-order valence-corrected chi connectivity index (χ3v) is 4.25. The van der Waals surface area contributed by atoms with E-state index in [0.717, 1.165) is 21.4 Å². The minimum Gasteiger partial charge on any atom is -0.399 e. The zero-order valence-electron chi connectivity index (χ0n) is 12.9. The van der Waals surface area contributed by atoms with Crippen LogP contribution in [0.3, 0.4) is 0 Å². The lowest BCUT2D eigenvalue weighted by Crippen LogP contribution is -2.24. The first-order valence-electron chi connectivity index (χ1n) is 7.38. The zero-order chi connectivity index (χ0) is 17.0. The Balaban J connectivity index is 1.89. The van der Waals surface area contributed by atoms with Crippen molar-refractivity contribution >= 4 is 34.1 Å². The highest BCUT2D eigenvalue weighted by Crippen LogP contribution is 2.31. The number of imide groups is 1. The van der Waals surface area contributed by atoms with Crippen molar-refractivity contribution in [1.29, 1.82) is 0 Å². The Kier molecular flexibility index (Phi) is 2.83. The molecule has 0 saturated carbocycles. The summed E-state index contributed by atoms with van der Waals surface area (Å²) in [7, 11) is 1.47. The van der Waals surface area contributed by atoms with E-state index in [1.807, 2.05) is 0 Å². The van der Waals surface area contributed by atoms with Gasteiger partial charge in [-0.15, -0.1) is 0 Å². The van der Waals surface area contributed by atoms with Crippen LogP contribution >= 0.6 is 0 Å². The Hall–Kier alpha value is -3.41. The molecular weight excluding hydrogens is 304 g/mol. The van der Waals surface area contributed by atoms with E-state index in [2.05, 4.69) is 4.98 Å². The van der Waals surface area contributed by atoms with Gasteiger partial charge in [0.25, 0.3) is 11.8 Å². The van der Waals surface area contributed by atoms with Crippen LogP contribution in [0.15, 0.2) is 42.5 Å². The fourth-order valence-corrected chi connectivity index (χ4v) is 2.94. The highest BCUT2D eigenvalue weighted by atomic mass is 16.2. The Morgan fingerprint density at radius 2 is 1.67 bits per heavy atom. The highest BCUT2D eigenvalue weighted by Gasteiger charge is 2.32. The van der Waals surface area contributed by atoms with Crippen molar-refractivity contribution in [2.24, 2.45) is 0 Å². The van der Waals surface area contributed by atoms with Crippen LogP contribution in [0.1, 0.15) is 20.7 Å². The number of amides is 2. The molecule has 0 spiro atoms. The fourth-order valence-electron chi connectivity index (χ4n) is 2.94. The molecule has 4 rings (SSSR count). The van der Waals surface area contributed by atoms with Crippen LogP contribution in [0, 0.1) is 0 Å². The maximum atomic E-state index is 12.2. The predicted octanol–water partition coefficient (Wildman–Crippen LogP) is 2.29. The van der Waals surface area contributed by atoms with Gasteiger partial charge in [0.2, 0.25) is 0 Å². The normalized spacial score (nSPS) is 13.6. The van der Waals surface area contributed by atoms with Gasteiger partial charge in [-0.2, -0.15) is 0 Å². The van der Waals surface area contributed by atoms with E-state index < -0.39 is 0 Å². The van der Waals surface area contributed by atoms with E-state index in [-0.39, 0.29) is 11.8 Å². The van der Waals surface area contributed by atoms with E-state index in [0.29, 0.717) is 28.2 Å². The van der Waals surface area contributed by atoms with Crippen molar-refractivity contribution in [3.8, 4) is 11.3 Å². The summed E-state index contributed by atoms with van der Waals surface area (Å²) in [6.45, 7) is 0. The lowest BCUT2D eigenvalue weighted by atomic mass is 10.0.